The largest absolute Gasteiger partial charge is 0.469 e. The third kappa shape index (κ3) is 3.70. The quantitative estimate of drug-likeness (QED) is 0.692. The lowest BCUT2D eigenvalue weighted by Crippen LogP contribution is -2.51. The smallest absolute Gasteiger partial charge is 0.307 e. The Hall–Kier alpha value is -1.10. The Kier molecular flexibility index (Phi) is 4.51. The summed E-state index contributed by atoms with van der Waals surface area (Å²) < 4.78 is 4.56. The molecular formula is C12H21NO4. The molecule has 1 fully saturated rings. The van der Waals surface area contributed by atoms with Crippen LogP contribution in [0.1, 0.15) is 33.1 Å². The van der Waals surface area contributed by atoms with Gasteiger partial charge in [-0.3, -0.25) is 9.59 Å². The monoisotopic (exact) mass is 243 g/mol. The average molecular weight is 243 g/mol. The van der Waals surface area contributed by atoms with Gasteiger partial charge in [0.1, 0.15) is 0 Å². The predicted octanol–water partition coefficient (Wildman–Crippen LogP) is 0.559. The van der Waals surface area contributed by atoms with Gasteiger partial charge in [0.2, 0.25) is 5.91 Å². The molecule has 5 heteroatoms. The standard InChI is InChI=1S/C12H21NO4/c1-12(2,8-14)13(7-6-10(15)17-3)11(16)9-4-5-9/h9,14H,4-8H2,1-3H3. The first kappa shape index (κ1) is 14.0. The van der Waals surface area contributed by atoms with Crippen LogP contribution in [0.3, 0.4) is 0 Å². The second-order valence-electron chi connectivity index (χ2n) is 5.06. The van der Waals surface area contributed by atoms with Crippen LogP contribution in [0.4, 0.5) is 0 Å². The van der Waals surface area contributed by atoms with Gasteiger partial charge in [-0.1, -0.05) is 0 Å². The fourth-order valence-electron chi connectivity index (χ4n) is 1.65. The lowest BCUT2D eigenvalue weighted by molar-refractivity contribution is -0.144. The van der Waals surface area contributed by atoms with Crippen molar-refractivity contribution >= 4 is 11.9 Å². The highest BCUT2D eigenvalue weighted by molar-refractivity contribution is 5.82. The molecule has 0 heterocycles. The van der Waals surface area contributed by atoms with Crippen LogP contribution >= 0.6 is 0 Å². The number of hydrogen-bond donors (Lipinski definition) is 1. The maximum absolute atomic E-state index is 12.1. The maximum atomic E-state index is 12.1. The number of ether oxygens (including phenoxy) is 1. The van der Waals surface area contributed by atoms with Gasteiger partial charge in [-0.2, -0.15) is 0 Å². The van der Waals surface area contributed by atoms with Gasteiger partial charge in [0.25, 0.3) is 0 Å². The van der Waals surface area contributed by atoms with Crippen LogP contribution < -0.4 is 0 Å². The van der Waals surface area contributed by atoms with Crippen LogP contribution in [-0.2, 0) is 14.3 Å². The van der Waals surface area contributed by atoms with Crippen LogP contribution in [0.2, 0.25) is 0 Å². The topological polar surface area (TPSA) is 66.8 Å². The number of esters is 1. The molecule has 1 N–H and O–H groups in total. The first-order chi connectivity index (χ1) is 7.92. The van der Waals surface area contributed by atoms with Crippen molar-refractivity contribution in [3.63, 3.8) is 0 Å². The summed E-state index contributed by atoms with van der Waals surface area (Å²) in [6, 6.07) is 0. The Balaban J connectivity index is 2.64. The van der Waals surface area contributed by atoms with Crippen LogP contribution in [-0.4, -0.2) is 47.7 Å². The first-order valence-corrected chi connectivity index (χ1v) is 5.91. The molecule has 0 aromatic rings. The lowest BCUT2D eigenvalue weighted by Gasteiger charge is -2.37. The van der Waals surface area contributed by atoms with Gasteiger partial charge in [0.05, 0.1) is 25.7 Å². The normalized spacial score (nSPS) is 15.5. The molecule has 0 saturated heterocycles. The minimum Gasteiger partial charge on any atom is -0.469 e. The Labute approximate surface area is 102 Å². The van der Waals surface area contributed by atoms with Gasteiger partial charge >= 0.3 is 5.97 Å². The first-order valence-electron chi connectivity index (χ1n) is 5.91. The number of amides is 1. The number of carbonyl (C=O) groups is 2. The van der Waals surface area contributed by atoms with Crippen LogP contribution in [0.5, 0.6) is 0 Å². The molecule has 0 aliphatic heterocycles. The molecule has 0 bridgehead atoms. The van der Waals surface area contributed by atoms with Crippen molar-refractivity contribution in [2.45, 2.75) is 38.6 Å². The van der Waals surface area contributed by atoms with Gasteiger partial charge in [-0.15, -0.1) is 0 Å². The number of aliphatic hydroxyl groups excluding tert-OH is 1. The van der Waals surface area contributed by atoms with E-state index in [1.54, 1.807) is 18.7 Å². The second-order valence-corrected chi connectivity index (χ2v) is 5.06. The molecule has 0 aromatic heterocycles. The molecule has 0 aromatic carbocycles. The predicted molar refractivity (Wildman–Crippen MR) is 62.2 cm³/mol. The van der Waals surface area contributed by atoms with Crippen molar-refractivity contribution in [3.05, 3.63) is 0 Å². The lowest BCUT2D eigenvalue weighted by atomic mass is 10.0. The van der Waals surface area contributed by atoms with Gasteiger partial charge in [0.15, 0.2) is 0 Å². The summed E-state index contributed by atoms with van der Waals surface area (Å²) in [7, 11) is 1.33. The van der Waals surface area contributed by atoms with Gasteiger partial charge in [0, 0.05) is 12.5 Å². The number of rotatable bonds is 6. The zero-order chi connectivity index (χ0) is 13.1. The molecule has 1 rings (SSSR count). The van der Waals surface area contributed by atoms with Gasteiger partial charge in [-0.05, 0) is 26.7 Å². The molecule has 1 aliphatic carbocycles. The highest BCUT2D eigenvalue weighted by atomic mass is 16.5. The fourth-order valence-corrected chi connectivity index (χ4v) is 1.65. The van der Waals surface area contributed by atoms with Crippen molar-refractivity contribution < 1.29 is 19.4 Å². The Morgan fingerprint density at radius 3 is 2.41 bits per heavy atom. The summed E-state index contributed by atoms with van der Waals surface area (Å²) >= 11 is 0. The summed E-state index contributed by atoms with van der Waals surface area (Å²) in [6.07, 6.45) is 1.99. The van der Waals surface area contributed by atoms with E-state index in [2.05, 4.69) is 4.74 Å². The van der Waals surface area contributed by atoms with E-state index < -0.39 is 5.54 Å². The van der Waals surface area contributed by atoms with Crippen LogP contribution in [0, 0.1) is 5.92 Å². The number of methoxy groups -OCH3 is 1. The average Bonchev–Trinajstić information content (AvgIpc) is 3.12. The summed E-state index contributed by atoms with van der Waals surface area (Å²) in [5.41, 5.74) is -0.631. The van der Waals surface area contributed by atoms with Gasteiger partial charge < -0.3 is 14.7 Å². The molecule has 1 saturated carbocycles. The third-order valence-electron chi connectivity index (χ3n) is 3.08. The Bertz CT molecular complexity index is 297. The minimum absolute atomic E-state index is 0.0351. The summed E-state index contributed by atoms with van der Waals surface area (Å²) in [5.74, 6) is -0.223. The van der Waals surface area contributed by atoms with Crippen molar-refractivity contribution in [1.82, 2.24) is 4.90 Å². The minimum atomic E-state index is -0.631. The summed E-state index contributed by atoms with van der Waals surface area (Å²) in [5, 5.41) is 9.33. The van der Waals surface area contributed by atoms with Gasteiger partial charge in [-0.25, -0.2) is 0 Å². The number of nitrogens with zero attached hydrogens (tertiary/aromatic N) is 1. The highest BCUT2D eigenvalue weighted by Gasteiger charge is 2.39. The number of hydrogen-bond acceptors (Lipinski definition) is 4. The molecule has 0 radical (unpaired) electrons. The second kappa shape index (κ2) is 5.49. The van der Waals surface area contributed by atoms with Crippen LogP contribution in [0.15, 0.2) is 0 Å². The number of aliphatic hydroxyl groups is 1. The van der Waals surface area contributed by atoms with Crippen molar-refractivity contribution in [2.24, 2.45) is 5.92 Å². The van der Waals surface area contributed by atoms with E-state index in [4.69, 9.17) is 0 Å². The zero-order valence-electron chi connectivity index (χ0n) is 10.7. The number of carbonyl (C=O) groups excluding carboxylic acids is 2. The molecule has 98 valence electrons. The third-order valence-corrected chi connectivity index (χ3v) is 3.08. The Morgan fingerprint density at radius 2 is 2.00 bits per heavy atom. The van der Waals surface area contributed by atoms with Crippen molar-refractivity contribution in [3.8, 4) is 0 Å². The van der Waals surface area contributed by atoms with E-state index in [0.717, 1.165) is 12.8 Å². The van der Waals surface area contributed by atoms with E-state index in [-0.39, 0.29) is 30.8 Å². The van der Waals surface area contributed by atoms with E-state index in [0.29, 0.717) is 6.54 Å². The van der Waals surface area contributed by atoms with E-state index in [9.17, 15) is 14.7 Å². The SMILES string of the molecule is COC(=O)CCN(C(=O)C1CC1)C(C)(C)CO. The molecule has 1 aliphatic rings. The maximum Gasteiger partial charge on any atom is 0.307 e. The molecular weight excluding hydrogens is 222 g/mol. The molecule has 17 heavy (non-hydrogen) atoms. The molecule has 5 nitrogen and oxygen atoms in total. The van der Waals surface area contributed by atoms with E-state index in [1.165, 1.54) is 7.11 Å². The Morgan fingerprint density at radius 1 is 1.41 bits per heavy atom. The van der Waals surface area contributed by atoms with E-state index in [1.807, 2.05) is 0 Å². The van der Waals surface area contributed by atoms with Crippen molar-refractivity contribution in [2.75, 3.05) is 20.3 Å². The zero-order valence-corrected chi connectivity index (χ0v) is 10.7. The molecule has 0 spiro atoms. The summed E-state index contributed by atoms with van der Waals surface area (Å²) in [4.78, 5) is 24.8. The molecule has 0 unspecified atom stereocenters. The van der Waals surface area contributed by atoms with Crippen molar-refractivity contribution in [1.29, 1.82) is 0 Å². The van der Waals surface area contributed by atoms with Crippen LogP contribution in [0.25, 0.3) is 0 Å². The van der Waals surface area contributed by atoms with E-state index >= 15 is 0 Å². The fraction of sp³-hybridized carbons (Fsp3) is 0.833. The summed E-state index contributed by atoms with van der Waals surface area (Å²) in [6.45, 7) is 3.78. The molecule has 1 amide bonds. The highest BCUT2D eigenvalue weighted by Crippen LogP contribution is 2.33. The molecule has 0 atom stereocenters.